The van der Waals surface area contributed by atoms with E-state index in [0.29, 0.717) is 44.2 Å². The average molecular weight is 398 g/mol. The number of amides is 2. The van der Waals surface area contributed by atoms with E-state index in [1.807, 2.05) is 18.2 Å². The molecular weight excluding hydrogens is 375 g/mol. The molecular formula is C22H23FN2O4. The number of fused-ring (bicyclic) bond motifs is 1. The van der Waals surface area contributed by atoms with Crippen LogP contribution in [0.1, 0.15) is 12.0 Å². The van der Waals surface area contributed by atoms with Gasteiger partial charge >= 0.3 is 0 Å². The number of nitrogens with zero attached hydrogens (tertiary/aromatic N) is 2. The Morgan fingerprint density at radius 1 is 1.03 bits per heavy atom. The van der Waals surface area contributed by atoms with Crippen molar-refractivity contribution in [2.45, 2.75) is 18.9 Å². The van der Waals surface area contributed by atoms with Crippen LogP contribution in [0.4, 0.5) is 10.1 Å². The first-order valence-corrected chi connectivity index (χ1v) is 9.79. The van der Waals surface area contributed by atoms with Crippen LogP contribution in [0.2, 0.25) is 0 Å². The van der Waals surface area contributed by atoms with E-state index in [-0.39, 0.29) is 30.6 Å². The van der Waals surface area contributed by atoms with Gasteiger partial charge in [-0.05, 0) is 36.2 Å². The Kier molecular flexibility index (Phi) is 5.76. The van der Waals surface area contributed by atoms with Crippen molar-refractivity contribution in [3.8, 4) is 5.75 Å². The van der Waals surface area contributed by atoms with Crippen LogP contribution in [0, 0.1) is 5.82 Å². The fraction of sp³-hybridized carbons (Fsp3) is 0.364. The second kappa shape index (κ2) is 8.61. The van der Waals surface area contributed by atoms with Gasteiger partial charge in [0.25, 0.3) is 5.91 Å². The summed E-state index contributed by atoms with van der Waals surface area (Å²) in [6.07, 6.45) is 0.0249. The number of morpholine rings is 1. The van der Waals surface area contributed by atoms with Crippen LogP contribution in [0.25, 0.3) is 0 Å². The Balaban J connectivity index is 1.49. The van der Waals surface area contributed by atoms with Gasteiger partial charge in [-0.15, -0.1) is 0 Å². The topological polar surface area (TPSA) is 59.1 Å². The van der Waals surface area contributed by atoms with Crippen molar-refractivity contribution < 1.29 is 23.5 Å². The van der Waals surface area contributed by atoms with Gasteiger partial charge in [-0.2, -0.15) is 0 Å². The van der Waals surface area contributed by atoms with Crippen molar-refractivity contribution in [1.82, 2.24) is 4.90 Å². The molecule has 2 aromatic carbocycles. The quantitative estimate of drug-likeness (QED) is 0.794. The zero-order valence-corrected chi connectivity index (χ0v) is 16.1. The third kappa shape index (κ3) is 4.40. The molecule has 4 rings (SSSR count). The van der Waals surface area contributed by atoms with Crippen LogP contribution >= 0.6 is 0 Å². The van der Waals surface area contributed by atoms with E-state index < -0.39 is 6.10 Å². The maximum atomic E-state index is 13.1. The normalized spacial score (nSPS) is 18.7. The highest BCUT2D eigenvalue weighted by Crippen LogP contribution is 2.34. The summed E-state index contributed by atoms with van der Waals surface area (Å²) in [5.74, 6) is 0.0103. The second-order valence-electron chi connectivity index (χ2n) is 7.14. The Morgan fingerprint density at radius 2 is 1.76 bits per heavy atom. The first-order valence-electron chi connectivity index (χ1n) is 9.79. The van der Waals surface area contributed by atoms with Gasteiger partial charge in [-0.3, -0.25) is 9.59 Å². The van der Waals surface area contributed by atoms with Crippen LogP contribution in [0.5, 0.6) is 5.75 Å². The zero-order chi connectivity index (χ0) is 20.2. The zero-order valence-electron chi connectivity index (χ0n) is 16.1. The molecule has 0 aliphatic carbocycles. The number of carbonyl (C=O) groups is 2. The first-order chi connectivity index (χ1) is 14.1. The highest BCUT2D eigenvalue weighted by atomic mass is 19.1. The van der Waals surface area contributed by atoms with E-state index in [2.05, 4.69) is 0 Å². The van der Waals surface area contributed by atoms with E-state index in [4.69, 9.17) is 9.47 Å². The number of carbonyl (C=O) groups excluding carboxylic acids is 2. The molecule has 1 unspecified atom stereocenters. The lowest BCUT2D eigenvalue weighted by atomic mass is 10.1. The molecule has 0 bridgehead atoms. The SMILES string of the molecule is O=C(C1CN(C(=O)CCc2ccc(F)cc2)c2ccccc2O1)N1CCOCC1. The molecule has 1 saturated heterocycles. The maximum Gasteiger partial charge on any atom is 0.265 e. The smallest absolute Gasteiger partial charge is 0.265 e. The minimum Gasteiger partial charge on any atom is -0.476 e. The lowest BCUT2D eigenvalue weighted by Crippen LogP contribution is -2.54. The van der Waals surface area contributed by atoms with Crippen LogP contribution < -0.4 is 9.64 Å². The minimum atomic E-state index is -0.738. The number of rotatable bonds is 4. The van der Waals surface area contributed by atoms with E-state index in [1.54, 1.807) is 28.0 Å². The Morgan fingerprint density at radius 3 is 2.52 bits per heavy atom. The minimum absolute atomic E-state index is 0.0927. The number of hydrogen-bond acceptors (Lipinski definition) is 4. The van der Waals surface area contributed by atoms with Gasteiger partial charge in [-0.1, -0.05) is 24.3 Å². The third-order valence-electron chi connectivity index (χ3n) is 5.21. The van der Waals surface area contributed by atoms with Gasteiger partial charge in [-0.25, -0.2) is 4.39 Å². The molecule has 1 atom stereocenters. The molecule has 2 aromatic rings. The van der Waals surface area contributed by atoms with Crippen LogP contribution in [0.3, 0.4) is 0 Å². The van der Waals surface area contributed by atoms with E-state index in [0.717, 1.165) is 5.56 Å². The summed E-state index contributed by atoms with van der Waals surface area (Å²) >= 11 is 0. The lowest BCUT2D eigenvalue weighted by Gasteiger charge is -2.37. The van der Waals surface area contributed by atoms with Crippen molar-refractivity contribution >= 4 is 17.5 Å². The molecule has 2 heterocycles. The molecule has 2 aliphatic rings. The van der Waals surface area contributed by atoms with Gasteiger partial charge in [0.15, 0.2) is 6.10 Å². The molecule has 0 spiro atoms. The average Bonchev–Trinajstić information content (AvgIpc) is 2.78. The standard InChI is InChI=1S/C22H23FN2O4/c23-17-8-5-16(6-9-17)7-10-21(26)25-15-20(22(27)24-11-13-28-14-12-24)29-19-4-2-1-3-18(19)25/h1-6,8-9,20H,7,10-15H2. The summed E-state index contributed by atoms with van der Waals surface area (Å²) in [7, 11) is 0. The van der Waals surface area contributed by atoms with Gasteiger partial charge in [0, 0.05) is 19.5 Å². The Hall–Kier alpha value is -2.93. The summed E-state index contributed by atoms with van der Waals surface area (Å²) in [5.41, 5.74) is 1.56. The molecule has 152 valence electrons. The van der Waals surface area contributed by atoms with Crippen molar-refractivity contribution in [3.63, 3.8) is 0 Å². The summed E-state index contributed by atoms with van der Waals surface area (Å²) in [6, 6.07) is 13.4. The number of hydrogen-bond donors (Lipinski definition) is 0. The van der Waals surface area contributed by atoms with Crippen molar-refractivity contribution in [3.05, 3.63) is 59.9 Å². The predicted octanol–water partition coefficient (Wildman–Crippen LogP) is 2.41. The molecule has 7 heteroatoms. The number of para-hydroxylation sites is 2. The molecule has 2 aliphatic heterocycles. The summed E-state index contributed by atoms with van der Waals surface area (Å²) in [6.45, 7) is 2.25. The fourth-order valence-electron chi connectivity index (χ4n) is 3.62. The first kappa shape index (κ1) is 19.4. The lowest BCUT2D eigenvalue weighted by molar-refractivity contribution is -0.142. The number of halogens is 1. The second-order valence-corrected chi connectivity index (χ2v) is 7.14. The van der Waals surface area contributed by atoms with Crippen molar-refractivity contribution in [2.24, 2.45) is 0 Å². The molecule has 0 aromatic heterocycles. The van der Waals surface area contributed by atoms with Gasteiger partial charge < -0.3 is 19.3 Å². The van der Waals surface area contributed by atoms with Crippen molar-refractivity contribution in [1.29, 1.82) is 0 Å². The van der Waals surface area contributed by atoms with E-state index >= 15 is 0 Å². The van der Waals surface area contributed by atoms with Crippen LogP contribution in [0.15, 0.2) is 48.5 Å². The molecule has 29 heavy (non-hydrogen) atoms. The summed E-state index contributed by atoms with van der Waals surface area (Å²) in [4.78, 5) is 29.3. The van der Waals surface area contributed by atoms with Gasteiger partial charge in [0.2, 0.25) is 5.91 Å². The number of benzene rings is 2. The summed E-state index contributed by atoms with van der Waals surface area (Å²) < 4.78 is 24.3. The molecule has 2 amide bonds. The largest absolute Gasteiger partial charge is 0.476 e. The number of anilines is 1. The number of aryl methyl sites for hydroxylation is 1. The predicted molar refractivity (Wildman–Crippen MR) is 105 cm³/mol. The third-order valence-corrected chi connectivity index (χ3v) is 5.21. The highest BCUT2D eigenvalue weighted by molar-refractivity contribution is 5.97. The molecule has 0 saturated carbocycles. The summed E-state index contributed by atoms with van der Waals surface area (Å²) in [5, 5.41) is 0. The van der Waals surface area contributed by atoms with Crippen LogP contribution in [-0.2, 0) is 20.7 Å². The highest BCUT2D eigenvalue weighted by Gasteiger charge is 2.36. The molecule has 0 N–H and O–H groups in total. The number of ether oxygens (including phenoxy) is 2. The molecule has 6 nitrogen and oxygen atoms in total. The van der Waals surface area contributed by atoms with Crippen LogP contribution in [-0.4, -0.2) is 55.7 Å². The van der Waals surface area contributed by atoms with Gasteiger partial charge in [0.1, 0.15) is 11.6 Å². The van der Waals surface area contributed by atoms with E-state index in [1.165, 1.54) is 12.1 Å². The van der Waals surface area contributed by atoms with E-state index in [9.17, 15) is 14.0 Å². The Bertz CT molecular complexity index is 881. The molecule has 1 fully saturated rings. The monoisotopic (exact) mass is 398 g/mol. The van der Waals surface area contributed by atoms with Crippen molar-refractivity contribution in [2.75, 3.05) is 37.7 Å². The van der Waals surface area contributed by atoms with Gasteiger partial charge in [0.05, 0.1) is 25.4 Å². The maximum absolute atomic E-state index is 13.1. The molecule has 0 radical (unpaired) electrons. The Labute approximate surface area is 168 Å². The fourth-order valence-corrected chi connectivity index (χ4v) is 3.62.